The SMILES string of the molecule is CCNC(=O)C(C)NC(C1CCC1)C1CCC1. The topological polar surface area (TPSA) is 41.1 Å². The van der Waals surface area contributed by atoms with Crippen LogP contribution in [-0.4, -0.2) is 24.5 Å². The van der Waals surface area contributed by atoms with Crippen molar-refractivity contribution in [2.75, 3.05) is 6.54 Å². The third kappa shape index (κ3) is 3.01. The summed E-state index contributed by atoms with van der Waals surface area (Å²) in [6, 6.07) is 0.552. The normalized spacial score (nSPS) is 23.0. The highest BCUT2D eigenvalue weighted by Crippen LogP contribution is 2.40. The molecular weight excluding hydrogens is 212 g/mol. The predicted octanol–water partition coefficient (Wildman–Crippen LogP) is 2.07. The second-order valence-electron chi connectivity index (χ2n) is 5.69. The summed E-state index contributed by atoms with van der Waals surface area (Å²) in [6.07, 6.45) is 8.19. The summed E-state index contributed by atoms with van der Waals surface area (Å²) in [5.74, 6) is 1.81. The van der Waals surface area contributed by atoms with Crippen molar-refractivity contribution in [3.63, 3.8) is 0 Å². The van der Waals surface area contributed by atoms with Crippen LogP contribution in [0.15, 0.2) is 0 Å². The zero-order chi connectivity index (χ0) is 12.3. The molecule has 1 atom stereocenters. The second kappa shape index (κ2) is 5.85. The first kappa shape index (κ1) is 12.9. The molecule has 3 nitrogen and oxygen atoms in total. The maximum atomic E-state index is 11.8. The van der Waals surface area contributed by atoms with Gasteiger partial charge in [-0.3, -0.25) is 4.79 Å². The third-order valence-electron chi connectivity index (χ3n) is 4.50. The molecule has 0 aromatic heterocycles. The number of rotatable bonds is 6. The number of hydrogen-bond acceptors (Lipinski definition) is 2. The first-order valence-electron chi connectivity index (χ1n) is 7.26. The van der Waals surface area contributed by atoms with Crippen LogP contribution in [0, 0.1) is 11.8 Å². The fourth-order valence-electron chi connectivity index (χ4n) is 2.95. The first-order valence-corrected chi connectivity index (χ1v) is 7.26. The van der Waals surface area contributed by atoms with Crippen LogP contribution in [0.3, 0.4) is 0 Å². The molecule has 2 saturated carbocycles. The molecule has 0 aromatic carbocycles. The molecule has 0 aliphatic heterocycles. The molecule has 0 spiro atoms. The molecule has 0 radical (unpaired) electrons. The van der Waals surface area contributed by atoms with Gasteiger partial charge in [0.25, 0.3) is 0 Å². The second-order valence-corrected chi connectivity index (χ2v) is 5.69. The number of carbonyl (C=O) groups is 1. The lowest BCUT2D eigenvalue weighted by atomic mass is 9.68. The Bertz CT molecular complexity index is 245. The average molecular weight is 238 g/mol. The van der Waals surface area contributed by atoms with E-state index in [1.165, 1.54) is 38.5 Å². The van der Waals surface area contributed by atoms with E-state index in [0.29, 0.717) is 6.04 Å². The van der Waals surface area contributed by atoms with E-state index in [9.17, 15) is 4.79 Å². The van der Waals surface area contributed by atoms with Gasteiger partial charge in [-0.1, -0.05) is 12.8 Å². The van der Waals surface area contributed by atoms with Crippen LogP contribution in [0.4, 0.5) is 0 Å². The Morgan fingerprint density at radius 3 is 2.06 bits per heavy atom. The van der Waals surface area contributed by atoms with Crippen LogP contribution in [0.2, 0.25) is 0 Å². The van der Waals surface area contributed by atoms with Crippen molar-refractivity contribution in [1.29, 1.82) is 0 Å². The Hall–Kier alpha value is -0.570. The van der Waals surface area contributed by atoms with Crippen molar-refractivity contribution in [2.45, 2.75) is 64.5 Å². The highest BCUT2D eigenvalue weighted by Gasteiger charge is 2.37. The van der Waals surface area contributed by atoms with E-state index >= 15 is 0 Å². The molecule has 2 aliphatic carbocycles. The van der Waals surface area contributed by atoms with Gasteiger partial charge in [0.2, 0.25) is 5.91 Å². The first-order chi connectivity index (χ1) is 8.22. The standard InChI is InChI=1S/C14H26N2O/c1-3-15-14(17)10(2)16-13(11-6-4-7-11)12-8-5-9-12/h10-13,16H,3-9H2,1-2H3,(H,15,17). The average Bonchev–Trinajstić information content (AvgIpc) is 2.12. The fraction of sp³-hybridized carbons (Fsp3) is 0.929. The van der Waals surface area contributed by atoms with Gasteiger partial charge in [-0.15, -0.1) is 0 Å². The number of carbonyl (C=O) groups excluding carboxylic acids is 1. The molecule has 17 heavy (non-hydrogen) atoms. The number of nitrogens with one attached hydrogen (secondary N) is 2. The summed E-state index contributed by atoms with van der Waals surface area (Å²) >= 11 is 0. The molecule has 2 N–H and O–H groups in total. The van der Waals surface area contributed by atoms with Crippen LogP contribution in [0.5, 0.6) is 0 Å². The molecule has 3 heteroatoms. The van der Waals surface area contributed by atoms with Crippen LogP contribution >= 0.6 is 0 Å². The Kier molecular flexibility index (Phi) is 4.43. The Balaban J connectivity index is 1.85. The summed E-state index contributed by atoms with van der Waals surface area (Å²) in [5, 5.41) is 6.49. The molecule has 1 amide bonds. The molecular formula is C14H26N2O. The zero-order valence-electron chi connectivity index (χ0n) is 11.2. The van der Waals surface area contributed by atoms with Crippen molar-refractivity contribution in [3.8, 4) is 0 Å². The van der Waals surface area contributed by atoms with Crippen molar-refractivity contribution < 1.29 is 4.79 Å². The predicted molar refractivity (Wildman–Crippen MR) is 69.8 cm³/mol. The highest BCUT2D eigenvalue weighted by molar-refractivity contribution is 5.81. The summed E-state index contributed by atoms with van der Waals surface area (Å²) in [4.78, 5) is 11.8. The minimum absolute atomic E-state index is 0.0406. The van der Waals surface area contributed by atoms with Crippen molar-refractivity contribution in [3.05, 3.63) is 0 Å². The van der Waals surface area contributed by atoms with Crippen LogP contribution in [0.25, 0.3) is 0 Å². The summed E-state index contributed by atoms with van der Waals surface area (Å²) < 4.78 is 0. The molecule has 2 fully saturated rings. The Labute approximate surface area is 105 Å². The van der Waals surface area contributed by atoms with E-state index in [1.54, 1.807) is 0 Å². The quantitative estimate of drug-likeness (QED) is 0.744. The van der Waals surface area contributed by atoms with E-state index in [-0.39, 0.29) is 11.9 Å². The van der Waals surface area contributed by atoms with Crippen molar-refractivity contribution in [2.24, 2.45) is 11.8 Å². The summed E-state index contributed by atoms with van der Waals surface area (Å²) in [6.45, 7) is 4.69. The lowest BCUT2D eigenvalue weighted by Crippen LogP contribution is -2.54. The molecule has 98 valence electrons. The van der Waals surface area contributed by atoms with Crippen LogP contribution in [-0.2, 0) is 4.79 Å². The monoisotopic (exact) mass is 238 g/mol. The van der Waals surface area contributed by atoms with E-state index in [1.807, 2.05) is 13.8 Å². The molecule has 0 heterocycles. The van der Waals surface area contributed by atoms with Gasteiger partial charge in [-0.05, 0) is 51.4 Å². The van der Waals surface area contributed by atoms with Gasteiger partial charge < -0.3 is 10.6 Å². The third-order valence-corrected chi connectivity index (χ3v) is 4.50. The largest absolute Gasteiger partial charge is 0.355 e. The van der Waals surface area contributed by atoms with Crippen LogP contribution in [0.1, 0.15) is 52.4 Å². The minimum atomic E-state index is -0.0406. The van der Waals surface area contributed by atoms with Crippen molar-refractivity contribution in [1.82, 2.24) is 10.6 Å². The number of amides is 1. The van der Waals surface area contributed by atoms with Gasteiger partial charge in [-0.25, -0.2) is 0 Å². The van der Waals surface area contributed by atoms with E-state index < -0.39 is 0 Å². The van der Waals surface area contributed by atoms with E-state index in [4.69, 9.17) is 0 Å². The van der Waals surface area contributed by atoms with Gasteiger partial charge in [0.15, 0.2) is 0 Å². The fourth-order valence-corrected chi connectivity index (χ4v) is 2.95. The number of likely N-dealkylation sites (N-methyl/N-ethyl adjacent to an activating group) is 1. The van der Waals surface area contributed by atoms with Gasteiger partial charge in [-0.2, -0.15) is 0 Å². The smallest absolute Gasteiger partial charge is 0.236 e. The number of hydrogen-bond donors (Lipinski definition) is 2. The molecule has 0 bridgehead atoms. The molecule has 2 aliphatic rings. The molecule has 2 rings (SSSR count). The Morgan fingerprint density at radius 2 is 1.71 bits per heavy atom. The van der Waals surface area contributed by atoms with E-state index in [0.717, 1.165) is 18.4 Å². The lowest BCUT2D eigenvalue weighted by molar-refractivity contribution is -0.123. The lowest BCUT2D eigenvalue weighted by Gasteiger charge is -2.44. The van der Waals surface area contributed by atoms with Gasteiger partial charge in [0, 0.05) is 12.6 Å². The maximum absolute atomic E-state index is 11.8. The minimum Gasteiger partial charge on any atom is -0.355 e. The zero-order valence-corrected chi connectivity index (χ0v) is 11.2. The Morgan fingerprint density at radius 1 is 1.18 bits per heavy atom. The summed E-state index contributed by atoms with van der Waals surface area (Å²) in [7, 11) is 0. The highest BCUT2D eigenvalue weighted by atomic mass is 16.2. The molecule has 0 aromatic rings. The van der Waals surface area contributed by atoms with Gasteiger partial charge >= 0.3 is 0 Å². The van der Waals surface area contributed by atoms with Crippen LogP contribution < -0.4 is 10.6 Å². The summed E-state index contributed by atoms with van der Waals surface area (Å²) in [5.41, 5.74) is 0. The van der Waals surface area contributed by atoms with E-state index in [2.05, 4.69) is 10.6 Å². The molecule has 1 unspecified atom stereocenters. The van der Waals surface area contributed by atoms with Gasteiger partial charge in [0.1, 0.15) is 0 Å². The molecule has 0 saturated heterocycles. The van der Waals surface area contributed by atoms with Crippen molar-refractivity contribution >= 4 is 5.91 Å². The maximum Gasteiger partial charge on any atom is 0.236 e. The van der Waals surface area contributed by atoms with Gasteiger partial charge in [0.05, 0.1) is 6.04 Å².